The van der Waals surface area contributed by atoms with Gasteiger partial charge in [-0.1, -0.05) is 52.0 Å². The summed E-state index contributed by atoms with van der Waals surface area (Å²) in [6.07, 6.45) is 10.8. The fourth-order valence-corrected chi connectivity index (χ4v) is 1.37. The van der Waals surface area contributed by atoms with Gasteiger partial charge in [-0.2, -0.15) is 0 Å². The maximum absolute atomic E-state index is 10.2. The Morgan fingerprint density at radius 3 is 2.15 bits per heavy atom. The van der Waals surface area contributed by atoms with Gasteiger partial charge in [-0.15, -0.1) is 0 Å². The maximum atomic E-state index is 10.2. The summed E-state index contributed by atoms with van der Waals surface area (Å²) in [7, 11) is 0. The largest absolute Gasteiger partial charge is 0.298 e. The number of hydrogen-bond donors (Lipinski definition) is 0. The van der Waals surface area contributed by atoms with Crippen molar-refractivity contribution in [3.05, 3.63) is 12.2 Å². The zero-order valence-corrected chi connectivity index (χ0v) is 8.85. The Hall–Kier alpha value is -0.590. The van der Waals surface area contributed by atoms with E-state index in [-0.39, 0.29) is 0 Å². The molecule has 0 unspecified atom stereocenters. The van der Waals surface area contributed by atoms with Gasteiger partial charge in [0.05, 0.1) is 0 Å². The van der Waals surface area contributed by atoms with E-state index in [9.17, 15) is 4.79 Å². The second-order valence-corrected chi connectivity index (χ2v) is 3.65. The van der Waals surface area contributed by atoms with Gasteiger partial charge in [-0.05, 0) is 18.4 Å². The molecular formula is C12H22O. The third-order valence-electron chi connectivity index (χ3n) is 2.27. The molecule has 0 radical (unpaired) electrons. The molecule has 0 aliphatic rings. The molecule has 0 saturated carbocycles. The van der Waals surface area contributed by atoms with Gasteiger partial charge >= 0.3 is 0 Å². The molecule has 0 aromatic carbocycles. The lowest BCUT2D eigenvalue weighted by atomic mass is 10.1. The molecule has 0 heterocycles. The van der Waals surface area contributed by atoms with Crippen LogP contribution in [0.2, 0.25) is 0 Å². The highest BCUT2D eigenvalue weighted by Gasteiger charge is 1.93. The third kappa shape index (κ3) is 9.32. The Balaban J connectivity index is 2.99. The normalized spacial score (nSPS) is 9.92. The molecule has 0 fully saturated rings. The van der Waals surface area contributed by atoms with E-state index in [0.29, 0.717) is 0 Å². The van der Waals surface area contributed by atoms with Crippen molar-refractivity contribution in [1.82, 2.24) is 0 Å². The molecule has 1 heteroatoms. The van der Waals surface area contributed by atoms with E-state index in [1.54, 1.807) is 0 Å². The van der Waals surface area contributed by atoms with Crippen LogP contribution < -0.4 is 0 Å². The van der Waals surface area contributed by atoms with Crippen LogP contribution in [0.25, 0.3) is 0 Å². The quantitative estimate of drug-likeness (QED) is 0.300. The summed E-state index contributed by atoms with van der Waals surface area (Å²) in [5, 5.41) is 0. The molecule has 0 atom stereocenters. The molecule has 0 aliphatic heterocycles. The number of rotatable bonds is 9. The molecule has 76 valence electrons. The van der Waals surface area contributed by atoms with E-state index in [1.165, 1.54) is 38.5 Å². The summed E-state index contributed by atoms with van der Waals surface area (Å²) in [6, 6.07) is 0. The molecule has 13 heavy (non-hydrogen) atoms. The average molecular weight is 182 g/mol. The minimum absolute atomic E-state index is 0.744. The third-order valence-corrected chi connectivity index (χ3v) is 2.27. The van der Waals surface area contributed by atoms with Crippen LogP contribution in [0.1, 0.15) is 58.3 Å². The molecule has 0 saturated heterocycles. The monoisotopic (exact) mass is 182 g/mol. The van der Waals surface area contributed by atoms with Gasteiger partial charge < -0.3 is 0 Å². The van der Waals surface area contributed by atoms with Gasteiger partial charge in [0, 0.05) is 0 Å². The number of aldehydes is 1. The van der Waals surface area contributed by atoms with Crippen LogP contribution >= 0.6 is 0 Å². The first-order valence-corrected chi connectivity index (χ1v) is 5.44. The molecule has 0 spiro atoms. The van der Waals surface area contributed by atoms with Crippen molar-refractivity contribution in [2.75, 3.05) is 0 Å². The van der Waals surface area contributed by atoms with Crippen LogP contribution in [0.15, 0.2) is 12.2 Å². The van der Waals surface area contributed by atoms with Crippen LogP contribution in [-0.2, 0) is 4.79 Å². The summed E-state index contributed by atoms with van der Waals surface area (Å²) in [5.74, 6) is 0. The molecule has 0 amide bonds. The zero-order chi connectivity index (χ0) is 9.94. The summed E-state index contributed by atoms with van der Waals surface area (Å²) < 4.78 is 0. The smallest absolute Gasteiger partial charge is 0.145 e. The van der Waals surface area contributed by atoms with Crippen molar-refractivity contribution in [1.29, 1.82) is 0 Å². The first kappa shape index (κ1) is 12.4. The zero-order valence-electron chi connectivity index (χ0n) is 8.85. The number of hydrogen-bond acceptors (Lipinski definition) is 1. The first-order valence-electron chi connectivity index (χ1n) is 5.44. The second kappa shape index (κ2) is 9.50. The van der Waals surface area contributed by atoms with Crippen molar-refractivity contribution >= 4 is 6.29 Å². The lowest BCUT2D eigenvalue weighted by Gasteiger charge is -2.00. The predicted molar refractivity (Wildman–Crippen MR) is 57.8 cm³/mol. The average Bonchev–Trinajstić information content (AvgIpc) is 2.16. The van der Waals surface area contributed by atoms with Crippen molar-refractivity contribution in [2.24, 2.45) is 0 Å². The van der Waals surface area contributed by atoms with Gasteiger partial charge in [0.25, 0.3) is 0 Å². The maximum Gasteiger partial charge on any atom is 0.145 e. The molecule has 0 bridgehead atoms. The molecule has 0 aromatic heterocycles. The Bertz CT molecular complexity index is 138. The highest BCUT2D eigenvalue weighted by molar-refractivity contribution is 5.71. The van der Waals surface area contributed by atoms with E-state index >= 15 is 0 Å². The highest BCUT2D eigenvalue weighted by atomic mass is 16.1. The summed E-state index contributed by atoms with van der Waals surface area (Å²) in [6.45, 7) is 5.88. The van der Waals surface area contributed by atoms with Crippen LogP contribution in [0.3, 0.4) is 0 Å². The number of carbonyl (C=O) groups excluding carboxylic acids is 1. The molecule has 1 nitrogen and oxygen atoms in total. The lowest BCUT2D eigenvalue weighted by Crippen LogP contribution is -1.84. The number of allylic oxidation sites excluding steroid dienone is 1. The van der Waals surface area contributed by atoms with Gasteiger partial charge in [-0.3, -0.25) is 4.79 Å². The lowest BCUT2D eigenvalue weighted by molar-refractivity contribution is -0.105. The standard InChI is InChI=1S/C12H22O/c1-3-4-5-6-7-8-9-10-12(2)11-13/h11H,2-10H2,1H3. The fraction of sp³-hybridized carbons (Fsp3) is 0.750. The van der Waals surface area contributed by atoms with E-state index in [2.05, 4.69) is 13.5 Å². The summed E-state index contributed by atoms with van der Waals surface area (Å²) in [5.41, 5.74) is 0.744. The Morgan fingerprint density at radius 2 is 1.62 bits per heavy atom. The van der Waals surface area contributed by atoms with Crippen LogP contribution in [0, 0.1) is 0 Å². The molecule has 0 N–H and O–H groups in total. The SMILES string of the molecule is C=C(C=O)CCCCCCCCC. The van der Waals surface area contributed by atoms with E-state index in [1.807, 2.05) is 0 Å². The molecular weight excluding hydrogens is 160 g/mol. The Morgan fingerprint density at radius 1 is 1.08 bits per heavy atom. The van der Waals surface area contributed by atoms with Gasteiger partial charge in [0.1, 0.15) is 6.29 Å². The molecule has 0 aliphatic carbocycles. The Kier molecular flexibility index (Phi) is 9.07. The van der Waals surface area contributed by atoms with Gasteiger partial charge in [0.2, 0.25) is 0 Å². The van der Waals surface area contributed by atoms with E-state index in [0.717, 1.165) is 24.7 Å². The number of unbranched alkanes of at least 4 members (excludes halogenated alkanes) is 6. The van der Waals surface area contributed by atoms with Crippen LogP contribution in [0.4, 0.5) is 0 Å². The van der Waals surface area contributed by atoms with E-state index in [4.69, 9.17) is 0 Å². The summed E-state index contributed by atoms with van der Waals surface area (Å²) >= 11 is 0. The van der Waals surface area contributed by atoms with Crippen molar-refractivity contribution in [2.45, 2.75) is 58.3 Å². The molecule has 0 rings (SSSR count). The van der Waals surface area contributed by atoms with Gasteiger partial charge in [0.15, 0.2) is 0 Å². The minimum Gasteiger partial charge on any atom is -0.298 e. The highest BCUT2D eigenvalue weighted by Crippen LogP contribution is 2.10. The van der Waals surface area contributed by atoms with Crippen molar-refractivity contribution in [3.8, 4) is 0 Å². The first-order chi connectivity index (χ1) is 6.31. The second-order valence-electron chi connectivity index (χ2n) is 3.65. The topological polar surface area (TPSA) is 17.1 Å². The van der Waals surface area contributed by atoms with Crippen LogP contribution in [0.5, 0.6) is 0 Å². The van der Waals surface area contributed by atoms with Crippen LogP contribution in [-0.4, -0.2) is 6.29 Å². The molecule has 0 aromatic rings. The Labute approximate surface area is 82.2 Å². The minimum atomic E-state index is 0.744. The summed E-state index contributed by atoms with van der Waals surface area (Å²) in [4.78, 5) is 10.2. The predicted octanol–water partition coefficient (Wildman–Crippen LogP) is 3.88. The van der Waals surface area contributed by atoms with Gasteiger partial charge in [-0.25, -0.2) is 0 Å². The fourth-order valence-electron chi connectivity index (χ4n) is 1.37. The van der Waals surface area contributed by atoms with E-state index < -0.39 is 0 Å². The number of carbonyl (C=O) groups is 1. The van der Waals surface area contributed by atoms with Crippen molar-refractivity contribution < 1.29 is 4.79 Å². The van der Waals surface area contributed by atoms with Crippen molar-refractivity contribution in [3.63, 3.8) is 0 Å².